The van der Waals surface area contributed by atoms with Gasteiger partial charge in [0.05, 0.1) is 29.4 Å². The van der Waals surface area contributed by atoms with E-state index in [2.05, 4.69) is 5.32 Å². The smallest absolute Gasteiger partial charge is 0.139 e. The van der Waals surface area contributed by atoms with Crippen molar-refractivity contribution >= 4 is 35.2 Å². The lowest BCUT2D eigenvalue weighted by molar-refractivity contribution is -0.106. The summed E-state index contributed by atoms with van der Waals surface area (Å²) in [5.74, 6) is 0.508. The number of rotatable bonds is 4. The fourth-order valence-corrected chi connectivity index (χ4v) is 1.43. The molecule has 5 heteroatoms. The van der Waals surface area contributed by atoms with Crippen molar-refractivity contribution < 1.29 is 9.53 Å². The van der Waals surface area contributed by atoms with E-state index in [1.54, 1.807) is 12.1 Å². The summed E-state index contributed by atoms with van der Waals surface area (Å²) >= 11 is 11.8. The van der Waals surface area contributed by atoms with Crippen LogP contribution in [0.15, 0.2) is 12.1 Å². The number of ether oxygens (including phenoxy) is 1. The van der Waals surface area contributed by atoms with Crippen LogP contribution in [0.4, 0.5) is 5.69 Å². The van der Waals surface area contributed by atoms with E-state index in [1.165, 1.54) is 7.11 Å². The second kappa shape index (κ2) is 5.08. The number of hydrogen-bond donors (Lipinski definition) is 1. The van der Waals surface area contributed by atoms with E-state index in [0.29, 0.717) is 21.5 Å². The number of halogens is 2. The lowest BCUT2D eigenvalue weighted by Gasteiger charge is -2.09. The van der Waals surface area contributed by atoms with Gasteiger partial charge in [-0.3, -0.25) is 0 Å². The first-order valence-corrected chi connectivity index (χ1v) is 4.65. The third-order valence-electron chi connectivity index (χ3n) is 1.62. The molecule has 0 heterocycles. The number of carbonyl (C=O) groups is 1. The Morgan fingerprint density at radius 1 is 1.43 bits per heavy atom. The van der Waals surface area contributed by atoms with Crippen molar-refractivity contribution in [2.75, 3.05) is 19.0 Å². The molecule has 0 aliphatic carbocycles. The molecule has 0 bridgehead atoms. The highest BCUT2D eigenvalue weighted by molar-refractivity contribution is 6.36. The largest absolute Gasteiger partial charge is 0.495 e. The van der Waals surface area contributed by atoms with Gasteiger partial charge in [0.15, 0.2) is 0 Å². The van der Waals surface area contributed by atoms with Crippen molar-refractivity contribution in [1.29, 1.82) is 0 Å². The summed E-state index contributed by atoms with van der Waals surface area (Å²) in [6, 6.07) is 3.21. The fraction of sp³-hybridized carbons (Fsp3) is 0.222. The molecule has 1 aromatic carbocycles. The molecule has 0 saturated carbocycles. The molecule has 0 aliphatic rings. The molecule has 0 saturated heterocycles. The van der Waals surface area contributed by atoms with Gasteiger partial charge in [0.1, 0.15) is 12.0 Å². The molecule has 0 aliphatic heterocycles. The predicted octanol–water partition coefficient (Wildman–Crippen LogP) is 2.61. The molecule has 0 radical (unpaired) electrons. The number of nitrogens with one attached hydrogen (secondary N) is 1. The summed E-state index contributed by atoms with van der Waals surface area (Å²) in [6.45, 7) is 0.197. The molecular weight excluding hydrogens is 225 g/mol. The summed E-state index contributed by atoms with van der Waals surface area (Å²) in [5, 5.41) is 3.73. The summed E-state index contributed by atoms with van der Waals surface area (Å²) < 4.78 is 4.97. The minimum absolute atomic E-state index is 0.197. The molecule has 0 fully saturated rings. The molecule has 0 spiro atoms. The van der Waals surface area contributed by atoms with Gasteiger partial charge in [-0.25, -0.2) is 0 Å². The predicted molar refractivity (Wildman–Crippen MR) is 57.6 cm³/mol. The fourth-order valence-electron chi connectivity index (χ4n) is 0.972. The number of benzene rings is 1. The van der Waals surface area contributed by atoms with E-state index in [1.807, 2.05) is 0 Å². The molecule has 0 amide bonds. The van der Waals surface area contributed by atoms with Crippen LogP contribution in [0.3, 0.4) is 0 Å². The first kappa shape index (κ1) is 11.1. The van der Waals surface area contributed by atoms with Gasteiger partial charge in [0, 0.05) is 6.07 Å². The molecule has 0 unspecified atom stereocenters. The van der Waals surface area contributed by atoms with E-state index >= 15 is 0 Å². The summed E-state index contributed by atoms with van der Waals surface area (Å²) in [6.07, 6.45) is 0.745. The molecule has 0 atom stereocenters. The van der Waals surface area contributed by atoms with Crippen LogP contribution in [0.2, 0.25) is 10.0 Å². The summed E-state index contributed by atoms with van der Waals surface area (Å²) in [4.78, 5) is 10.1. The van der Waals surface area contributed by atoms with Crippen molar-refractivity contribution in [3.8, 4) is 5.75 Å². The second-order valence-electron chi connectivity index (χ2n) is 2.51. The molecule has 1 rings (SSSR count). The van der Waals surface area contributed by atoms with Gasteiger partial charge in [0.25, 0.3) is 0 Å². The Bertz CT molecular complexity index is 342. The number of aldehydes is 1. The van der Waals surface area contributed by atoms with Crippen molar-refractivity contribution in [3.63, 3.8) is 0 Å². The molecule has 0 aromatic heterocycles. The van der Waals surface area contributed by atoms with Crippen molar-refractivity contribution in [3.05, 3.63) is 22.2 Å². The van der Waals surface area contributed by atoms with Crippen molar-refractivity contribution in [2.24, 2.45) is 0 Å². The Hall–Kier alpha value is -0.930. The van der Waals surface area contributed by atoms with Crippen molar-refractivity contribution in [2.45, 2.75) is 0 Å². The van der Waals surface area contributed by atoms with Gasteiger partial charge in [-0.15, -0.1) is 0 Å². The zero-order valence-electron chi connectivity index (χ0n) is 7.51. The minimum atomic E-state index is 0.197. The van der Waals surface area contributed by atoms with Crippen LogP contribution >= 0.6 is 23.2 Å². The molecule has 76 valence electrons. The zero-order valence-corrected chi connectivity index (χ0v) is 9.02. The van der Waals surface area contributed by atoms with E-state index in [-0.39, 0.29) is 6.54 Å². The Labute approximate surface area is 92.0 Å². The highest BCUT2D eigenvalue weighted by atomic mass is 35.5. The average molecular weight is 234 g/mol. The van der Waals surface area contributed by atoms with Gasteiger partial charge in [-0.2, -0.15) is 0 Å². The average Bonchev–Trinajstić information content (AvgIpc) is 2.18. The van der Waals surface area contributed by atoms with Crippen molar-refractivity contribution in [1.82, 2.24) is 0 Å². The van der Waals surface area contributed by atoms with Gasteiger partial charge < -0.3 is 14.8 Å². The quantitative estimate of drug-likeness (QED) is 0.813. The maximum atomic E-state index is 10.1. The molecular formula is C9H9Cl2NO2. The van der Waals surface area contributed by atoms with E-state index in [0.717, 1.165) is 6.29 Å². The topological polar surface area (TPSA) is 38.3 Å². The number of anilines is 1. The highest BCUT2D eigenvalue weighted by Gasteiger charge is 2.06. The summed E-state index contributed by atoms with van der Waals surface area (Å²) in [7, 11) is 1.51. The molecule has 3 nitrogen and oxygen atoms in total. The maximum absolute atomic E-state index is 10.1. The van der Waals surface area contributed by atoms with Crippen LogP contribution in [0.1, 0.15) is 0 Å². The van der Waals surface area contributed by atoms with Crippen LogP contribution in [0, 0.1) is 0 Å². The zero-order chi connectivity index (χ0) is 10.6. The third kappa shape index (κ3) is 2.53. The van der Waals surface area contributed by atoms with Gasteiger partial charge in [0.2, 0.25) is 0 Å². The van der Waals surface area contributed by atoms with Gasteiger partial charge >= 0.3 is 0 Å². The SMILES string of the molecule is COc1cc(Cl)c(NCC=O)cc1Cl. The number of methoxy groups -OCH3 is 1. The second-order valence-corrected chi connectivity index (χ2v) is 3.33. The van der Waals surface area contributed by atoms with Gasteiger partial charge in [-0.1, -0.05) is 23.2 Å². The highest BCUT2D eigenvalue weighted by Crippen LogP contribution is 2.33. The Morgan fingerprint density at radius 3 is 2.71 bits per heavy atom. The normalized spacial score (nSPS) is 9.64. The molecule has 1 aromatic rings. The lowest BCUT2D eigenvalue weighted by atomic mass is 10.3. The summed E-state index contributed by atoms with van der Waals surface area (Å²) in [5.41, 5.74) is 0.615. The minimum Gasteiger partial charge on any atom is -0.495 e. The lowest BCUT2D eigenvalue weighted by Crippen LogP contribution is -2.02. The first-order valence-electron chi connectivity index (χ1n) is 3.89. The Balaban J connectivity index is 2.96. The standard InChI is InChI=1S/C9H9Cl2NO2/c1-14-9-5-6(10)8(4-7(9)11)12-2-3-13/h3-5,12H,2H2,1H3. The molecule has 1 N–H and O–H groups in total. The maximum Gasteiger partial charge on any atom is 0.139 e. The molecule has 14 heavy (non-hydrogen) atoms. The van der Waals surface area contributed by atoms with E-state index in [4.69, 9.17) is 27.9 Å². The first-order chi connectivity index (χ1) is 6.69. The monoisotopic (exact) mass is 233 g/mol. The van der Waals surface area contributed by atoms with Crippen LogP contribution in [-0.2, 0) is 4.79 Å². The third-order valence-corrected chi connectivity index (χ3v) is 2.23. The van der Waals surface area contributed by atoms with Crippen LogP contribution < -0.4 is 10.1 Å². The Morgan fingerprint density at radius 2 is 2.14 bits per heavy atom. The number of hydrogen-bond acceptors (Lipinski definition) is 3. The van der Waals surface area contributed by atoms with Crippen LogP contribution in [0.25, 0.3) is 0 Å². The van der Waals surface area contributed by atoms with Crippen LogP contribution in [-0.4, -0.2) is 19.9 Å². The van der Waals surface area contributed by atoms with E-state index in [9.17, 15) is 4.79 Å². The van der Waals surface area contributed by atoms with E-state index < -0.39 is 0 Å². The van der Waals surface area contributed by atoms with Gasteiger partial charge in [-0.05, 0) is 6.07 Å². The van der Waals surface area contributed by atoms with Crippen LogP contribution in [0.5, 0.6) is 5.75 Å². The number of carbonyl (C=O) groups excluding carboxylic acids is 1. The Kier molecular flexibility index (Phi) is 4.04.